The minimum atomic E-state index is 0. The van der Waals surface area contributed by atoms with E-state index in [2.05, 4.69) is 14.9 Å². The number of hydrogen-bond donors (Lipinski definition) is 0. The standard InChI is InChI=1S/C14H17N3S.ClH.Zn/c18-10-9-17(11-13-5-1-3-7-15-13)12-14-6-2-4-8-16-14;;/h1-8,18H,9-12H2;1H;/q;;+2/p-2. The van der Waals surface area contributed by atoms with Crippen molar-refractivity contribution in [2.75, 3.05) is 12.3 Å². The van der Waals surface area contributed by atoms with Crippen molar-refractivity contribution in [2.45, 2.75) is 13.1 Å². The molecule has 3 nitrogen and oxygen atoms in total. The molecule has 0 radical (unpaired) electrons. The molecule has 2 aromatic rings. The van der Waals surface area contributed by atoms with Gasteiger partial charge in [-0.05, 0) is 30.8 Å². The van der Waals surface area contributed by atoms with Gasteiger partial charge in [-0.3, -0.25) is 14.9 Å². The molecule has 0 aliphatic rings. The Morgan fingerprint density at radius 2 is 1.40 bits per heavy atom. The average Bonchev–Trinajstić information content (AvgIpc) is 2.41. The molecule has 0 N–H and O–H groups in total. The number of hydrogen-bond acceptors (Lipinski definition) is 4. The van der Waals surface area contributed by atoms with Crippen LogP contribution in [0.4, 0.5) is 0 Å². The smallest absolute Gasteiger partial charge is 1.00 e. The van der Waals surface area contributed by atoms with Gasteiger partial charge >= 0.3 is 19.5 Å². The maximum atomic E-state index is 5.08. The molecule has 0 atom stereocenters. The molecule has 0 bridgehead atoms. The second-order valence-corrected chi connectivity index (χ2v) is 4.47. The third-order valence-electron chi connectivity index (χ3n) is 2.63. The molecule has 0 amide bonds. The van der Waals surface area contributed by atoms with Gasteiger partial charge in [0.1, 0.15) is 0 Å². The Balaban J connectivity index is 0.00000180. The van der Waals surface area contributed by atoms with Crippen LogP contribution in [0.3, 0.4) is 0 Å². The first-order valence-electron chi connectivity index (χ1n) is 5.99. The van der Waals surface area contributed by atoms with Crippen molar-refractivity contribution in [2.24, 2.45) is 0 Å². The van der Waals surface area contributed by atoms with E-state index in [-0.39, 0.29) is 31.9 Å². The molecule has 2 heterocycles. The fraction of sp³-hybridized carbons (Fsp3) is 0.286. The fourth-order valence-electron chi connectivity index (χ4n) is 1.78. The predicted octanol–water partition coefficient (Wildman–Crippen LogP) is -0.973. The number of aromatic nitrogens is 2. The number of nitrogens with zero attached hydrogens (tertiary/aromatic N) is 3. The molecule has 0 saturated carbocycles. The summed E-state index contributed by atoms with van der Waals surface area (Å²) in [6.45, 7) is 2.50. The second-order valence-electron chi connectivity index (χ2n) is 4.06. The van der Waals surface area contributed by atoms with Gasteiger partial charge in [0.25, 0.3) is 0 Å². The first-order chi connectivity index (χ1) is 8.88. The Morgan fingerprint density at radius 1 is 0.900 bits per heavy atom. The molecule has 0 unspecified atom stereocenters. The third-order valence-corrected chi connectivity index (χ3v) is 2.81. The third kappa shape index (κ3) is 6.80. The molecule has 2 rings (SSSR count). The normalized spacial score (nSPS) is 9.70. The molecule has 0 aliphatic carbocycles. The number of pyridine rings is 2. The zero-order valence-electron chi connectivity index (χ0n) is 11.3. The van der Waals surface area contributed by atoms with Crippen LogP contribution >= 0.6 is 0 Å². The van der Waals surface area contributed by atoms with Crippen LogP contribution < -0.4 is 12.4 Å². The van der Waals surface area contributed by atoms with Crippen molar-refractivity contribution in [1.82, 2.24) is 14.9 Å². The summed E-state index contributed by atoms with van der Waals surface area (Å²) in [5.74, 6) is 0.722. The molecule has 2 aromatic heterocycles. The summed E-state index contributed by atoms with van der Waals surface area (Å²) in [5, 5.41) is 0. The predicted molar refractivity (Wildman–Crippen MR) is 74.8 cm³/mol. The molecule has 6 heteroatoms. The summed E-state index contributed by atoms with van der Waals surface area (Å²) in [4.78, 5) is 11.0. The molecular weight excluding hydrogens is 343 g/mol. The van der Waals surface area contributed by atoms with Crippen LogP contribution in [0, 0.1) is 0 Å². The van der Waals surface area contributed by atoms with E-state index in [4.69, 9.17) is 12.6 Å². The van der Waals surface area contributed by atoms with Crippen molar-refractivity contribution in [1.29, 1.82) is 0 Å². The van der Waals surface area contributed by atoms with Crippen molar-refractivity contribution in [3.8, 4) is 0 Å². The first kappa shape index (κ1) is 19.5. The van der Waals surface area contributed by atoms with Gasteiger partial charge in [-0.1, -0.05) is 12.1 Å². The van der Waals surface area contributed by atoms with Crippen molar-refractivity contribution >= 4 is 12.6 Å². The van der Waals surface area contributed by atoms with Gasteiger partial charge in [0.2, 0.25) is 0 Å². The summed E-state index contributed by atoms with van der Waals surface area (Å²) in [7, 11) is 0. The molecule has 0 aliphatic heterocycles. The minimum Gasteiger partial charge on any atom is -1.00 e. The largest absolute Gasteiger partial charge is 2.00 e. The molecule has 102 valence electrons. The maximum Gasteiger partial charge on any atom is 2.00 e. The van der Waals surface area contributed by atoms with E-state index in [0.717, 1.165) is 36.8 Å². The second kappa shape index (κ2) is 11.2. The van der Waals surface area contributed by atoms with E-state index >= 15 is 0 Å². The Hall–Kier alpha value is -0.477. The Bertz CT molecular complexity index is 417. The van der Waals surface area contributed by atoms with Gasteiger partial charge in [0.05, 0.1) is 11.4 Å². The quantitative estimate of drug-likeness (QED) is 0.490. The van der Waals surface area contributed by atoms with Gasteiger partial charge in [0, 0.05) is 25.5 Å². The SMILES string of the molecule is [Cl-].[S-]CCN(Cc1ccccn1)Cc1ccccn1.[Zn+2]. The fourth-order valence-corrected chi connectivity index (χ4v) is 2.04. The summed E-state index contributed by atoms with van der Waals surface area (Å²) >= 11 is 5.08. The number of halogens is 1. The van der Waals surface area contributed by atoms with Gasteiger partial charge in [-0.25, -0.2) is 0 Å². The average molecular weight is 359 g/mol. The van der Waals surface area contributed by atoms with Gasteiger partial charge in [-0.2, -0.15) is 5.75 Å². The van der Waals surface area contributed by atoms with Crippen molar-refractivity contribution in [3.05, 3.63) is 60.2 Å². The summed E-state index contributed by atoms with van der Waals surface area (Å²) in [6.07, 6.45) is 3.64. The Kier molecular flexibility index (Phi) is 10.9. The van der Waals surface area contributed by atoms with Crippen LogP contribution in [0.2, 0.25) is 0 Å². The first-order valence-corrected chi connectivity index (χ1v) is 6.56. The minimum absolute atomic E-state index is 0. The molecular formula is C14H16ClN3SZn. The van der Waals surface area contributed by atoms with E-state index < -0.39 is 0 Å². The molecule has 0 aromatic carbocycles. The summed E-state index contributed by atoms with van der Waals surface area (Å²) in [5.41, 5.74) is 2.13. The van der Waals surface area contributed by atoms with Crippen LogP contribution in [0.5, 0.6) is 0 Å². The summed E-state index contributed by atoms with van der Waals surface area (Å²) in [6, 6.07) is 12.0. The zero-order valence-corrected chi connectivity index (χ0v) is 15.8. The van der Waals surface area contributed by atoms with Crippen LogP contribution in [-0.2, 0) is 45.2 Å². The van der Waals surface area contributed by atoms with E-state index in [1.165, 1.54) is 0 Å². The van der Waals surface area contributed by atoms with Crippen LogP contribution in [-0.4, -0.2) is 27.2 Å². The Morgan fingerprint density at radius 3 is 1.75 bits per heavy atom. The molecule has 0 saturated heterocycles. The van der Waals surface area contributed by atoms with Gasteiger partial charge in [-0.15, -0.1) is 0 Å². The van der Waals surface area contributed by atoms with Crippen LogP contribution in [0.1, 0.15) is 11.4 Å². The Labute approximate surface area is 144 Å². The molecule has 20 heavy (non-hydrogen) atoms. The molecule has 0 spiro atoms. The van der Waals surface area contributed by atoms with E-state index in [0.29, 0.717) is 0 Å². The monoisotopic (exact) mass is 357 g/mol. The maximum absolute atomic E-state index is 5.08. The van der Waals surface area contributed by atoms with Crippen LogP contribution in [0.15, 0.2) is 48.8 Å². The van der Waals surface area contributed by atoms with E-state index in [9.17, 15) is 0 Å². The molecule has 0 fully saturated rings. The van der Waals surface area contributed by atoms with Crippen LogP contribution in [0.25, 0.3) is 0 Å². The van der Waals surface area contributed by atoms with E-state index in [1.807, 2.05) is 48.8 Å². The van der Waals surface area contributed by atoms with Gasteiger partial charge in [0.15, 0.2) is 0 Å². The zero-order chi connectivity index (χ0) is 12.6. The summed E-state index contributed by atoms with van der Waals surface area (Å²) < 4.78 is 0. The topological polar surface area (TPSA) is 29.0 Å². The van der Waals surface area contributed by atoms with Crippen molar-refractivity contribution < 1.29 is 31.9 Å². The van der Waals surface area contributed by atoms with E-state index in [1.54, 1.807) is 0 Å². The van der Waals surface area contributed by atoms with Gasteiger partial charge < -0.3 is 25.0 Å². The van der Waals surface area contributed by atoms with Crippen molar-refractivity contribution in [3.63, 3.8) is 0 Å². The number of rotatable bonds is 6.